The molecule has 11 heteroatoms. The van der Waals surface area contributed by atoms with E-state index in [4.69, 9.17) is 13.8 Å². The number of carbonyl (C=O) groups is 2. The highest BCUT2D eigenvalue weighted by molar-refractivity contribution is 7.17. The summed E-state index contributed by atoms with van der Waals surface area (Å²) in [5.41, 5.74) is 3.96. The maximum absolute atomic E-state index is 13.6. The molecule has 0 saturated carbocycles. The van der Waals surface area contributed by atoms with E-state index in [1.54, 1.807) is 24.4 Å². The number of Topliss-reactive ketones (excluding diaryl/α,β-unsaturated/α-hetero) is 1. The molecule has 246 valence electrons. The van der Waals surface area contributed by atoms with Crippen LogP contribution in [0.5, 0.6) is 0 Å². The molecule has 3 heterocycles. The number of anilines is 2. The lowest BCUT2D eigenvalue weighted by Gasteiger charge is -2.39. The number of amides is 1. The number of ketones is 1. The van der Waals surface area contributed by atoms with Crippen LogP contribution >= 0.6 is 11.3 Å². The van der Waals surface area contributed by atoms with Crippen molar-refractivity contribution in [2.24, 2.45) is 0 Å². The van der Waals surface area contributed by atoms with Crippen molar-refractivity contribution in [1.82, 2.24) is 14.5 Å². The summed E-state index contributed by atoms with van der Waals surface area (Å²) in [6.07, 6.45) is 2.70. The molecule has 0 unspecified atom stereocenters. The molecule has 1 atom stereocenters. The van der Waals surface area contributed by atoms with Crippen molar-refractivity contribution in [2.45, 2.75) is 51.6 Å². The van der Waals surface area contributed by atoms with Gasteiger partial charge in [-0.25, -0.2) is 9.97 Å². The zero-order valence-electron chi connectivity index (χ0n) is 27.7. The highest BCUT2D eigenvalue weighted by Crippen LogP contribution is 2.41. The van der Waals surface area contributed by atoms with Crippen LogP contribution in [0.15, 0.2) is 108 Å². The Morgan fingerprint density at radius 1 is 0.979 bits per heavy atom. The van der Waals surface area contributed by atoms with Crippen molar-refractivity contribution in [3.8, 4) is 10.6 Å². The third-order valence-corrected chi connectivity index (χ3v) is 14.4. The van der Waals surface area contributed by atoms with E-state index in [-0.39, 0.29) is 29.4 Å². The molecule has 1 amide bonds. The van der Waals surface area contributed by atoms with Gasteiger partial charge in [0.25, 0.3) is 5.91 Å². The monoisotopic (exact) mass is 677 g/mol. The van der Waals surface area contributed by atoms with Crippen LogP contribution in [-0.4, -0.2) is 41.1 Å². The Hall–Kier alpha value is -4.84. The van der Waals surface area contributed by atoms with E-state index in [0.29, 0.717) is 34.2 Å². The number of hydrogen-bond donors (Lipinski definition) is 2. The van der Waals surface area contributed by atoms with Crippen molar-refractivity contribution >= 4 is 54.0 Å². The lowest BCUT2D eigenvalue weighted by molar-refractivity contribution is 0.100. The third-order valence-electron chi connectivity index (χ3n) is 8.79. The molecule has 0 fully saturated rings. The summed E-state index contributed by atoms with van der Waals surface area (Å²) in [5, 5.41) is 6.31. The molecule has 0 bridgehead atoms. The molecule has 0 aliphatic carbocycles. The van der Waals surface area contributed by atoms with Gasteiger partial charge in [-0.05, 0) is 54.0 Å². The van der Waals surface area contributed by atoms with Crippen LogP contribution in [0.4, 0.5) is 11.6 Å². The Labute approximate surface area is 285 Å². The fraction of sp³-hybridized carbons (Fsp3) is 0.243. The highest BCUT2D eigenvalue weighted by Gasteiger charge is 2.40. The normalized spacial score (nSPS) is 12.6. The van der Waals surface area contributed by atoms with E-state index in [0.717, 1.165) is 21.6 Å². The van der Waals surface area contributed by atoms with Crippen LogP contribution < -0.4 is 10.6 Å². The number of oxazole rings is 1. The van der Waals surface area contributed by atoms with Gasteiger partial charge in [-0.3, -0.25) is 14.9 Å². The third kappa shape index (κ3) is 7.33. The lowest BCUT2D eigenvalue weighted by atomic mass is 10.1. The second-order valence-electron chi connectivity index (χ2n) is 13.2. The van der Waals surface area contributed by atoms with E-state index >= 15 is 0 Å². The topological polar surface area (TPSA) is 111 Å². The maximum atomic E-state index is 13.6. The molecule has 0 aliphatic heterocycles. The molecular formula is C37H39N5O4SSi. The van der Waals surface area contributed by atoms with Crippen molar-refractivity contribution in [3.63, 3.8) is 0 Å². The van der Waals surface area contributed by atoms with Gasteiger partial charge in [-0.15, -0.1) is 11.3 Å². The van der Waals surface area contributed by atoms with Crippen molar-refractivity contribution in [2.75, 3.05) is 17.2 Å². The van der Waals surface area contributed by atoms with Gasteiger partial charge in [-0.2, -0.15) is 0 Å². The number of thiophene rings is 1. The largest absolute Gasteiger partial charge is 0.443 e. The summed E-state index contributed by atoms with van der Waals surface area (Å²) in [6, 6.07) is 28.8. The first-order valence-corrected chi connectivity index (χ1v) is 19.6. The number of fused-ring (bicyclic) bond motifs is 1. The van der Waals surface area contributed by atoms with E-state index in [9.17, 15) is 9.59 Å². The maximum Gasteiger partial charge on any atom is 0.268 e. The van der Waals surface area contributed by atoms with Gasteiger partial charge >= 0.3 is 0 Å². The number of aromatic nitrogens is 3. The van der Waals surface area contributed by atoms with Gasteiger partial charge in [0.05, 0.1) is 46.2 Å². The molecule has 2 N–H and O–H groups in total. The van der Waals surface area contributed by atoms with Crippen LogP contribution in [0.2, 0.25) is 18.1 Å². The van der Waals surface area contributed by atoms with Crippen LogP contribution in [-0.2, 0) is 11.0 Å². The fourth-order valence-electron chi connectivity index (χ4n) is 5.10. The number of rotatable bonds is 12. The fourth-order valence-corrected chi connectivity index (χ4v) is 7.23. The molecule has 9 nitrogen and oxygen atoms in total. The number of nitrogens with one attached hydrogen (secondary N) is 2. The summed E-state index contributed by atoms with van der Waals surface area (Å²) < 4.78 is 14.5. The van der Waals surface area contributed by atoms with Crippen molar-refractivity contribution in [3.05, 3.63) is 120 Å². The number of hydrogen-bond acceptors (Lipinski definition) is 8. The second kappa shape index (κ2) is 13.7. The van der Waals surface area contributed by atoms with Crippen LogP contribution in [0.3, 0.4) is 0 Å². The van der Waals surface area contributed by atoms with E-state index in [1.807, 2.05) is 65.2 Å². The van der Waals surface area contributed by atoms with Gasteiger partial charge in [0, 0.05) is 11.3 Å². The quantitative estimate of drug-likeness (QED) is 0.0982. The molecule has 0 saturated heterocycles. The molecule has 6 rings (SSSR count). The predicted molar refractivity (Wildman–Crippen MR) is 194 cm³/mol. The Bertz CT molecular complexity index is 2020. The van der Waals surface area contributed by atoms with Crippen molar-refractivity contribution < 1.29 is 18.4 Å². The van der Waals surface area contributed by atoms with Gasteiger partial charge < -0.3 is 18.7 Å². The second-order valence-corrected chi connectivity index (χ2v) is 19.0. The minimum absolute atomic E-state index is 0.00771. The van der Waals surface area contributed by atoms with Gasteiger partial charge in [0.15, 0.2) is 26.3 Å². The molecule has 0 radical (unpaired) electrons. The van der Waals surface area contributed by atoms with Crippen LogP contribution in [0, 0.1) is 0 Å². The minimum atomic E-state index is -2.21. The average Bonchev–Trinajstić information content (AvgIpc) is 3.84. The number of benzene rings is 3. The van der Waals surface area contributed by atoms with E-state index in [1.165, 1.54) is 17.7 Å². The predicted octanol–water partition coefficient (Wildman–Crippen LogP) is 9.06. The van der Waals surface area contributed by atoms with Gasteiger partial charge in [0.2, 0.25) is 5.95 Å². The summed E-state index contributed by atoms with van der Waals surface area (Å²) >= 11 is 1.32. The molecular weight excluding hydrogens is 639 g/mol. The van der Waals surface area contributed by atoms with E-state index < -0.39 is 8.32 Å². The lowest BCUT2D eigenvalue weighted by Crippen LogP contribution is -2.42. The summed E-state index contributed by atoms with van der Waals surface area (Å²) in [5.74, 6) is 0.714. The van der Waals surface area contributed by atoms with Gasteiger partial charge in [-0.1, -0.05) is 81.4 Å². The summed E-state index contributed by atoms with van der Waals surface area (Å²) in [7, 11) is -2.21. The molecule has 6 aromatic rings. The smallest absolute Gasteiger partial charge is 0.268 e. The number of nitrogens with zero attached hydrogens (tertiary/aromatic N) is 3. The molecule has 0 aliphatic rings. The Morgan fingerprint density at radius 3 is 2.40 bits per heavy atom. The highest BCUT2D eigenvalue weighted by atomic mass is 32.1. The Kier molecular flexibility index (Phi) is 9.45. The zero-order chi connectivity index (χ0) is 33.9. The average molecular weight is 678 g/mol. The minimum Gasteiger partial charge on any atom is -0.443 e. The number of imidazole rings is 1. The van der Waals surface area contributed by atoms with Gasteiger partial charge in [0.1, 0.15) is 0 Å². The Morgan fingerprint density at radius 2 is 1.71 bits per heavy atom. The molecule has 0 spiro atoms. The van der Waals surface area contributed by atoms with E-state index in [2.05, 4.69) is 61.6 Å². The molecule has 48 heavy (non-hydrogen) atoms. The SMILES string of the molecule is CC(C)(C)[Si](C)(C)O[C@@H](Cn1c(NC(=O)c2ccc(-c3cnco3)s2)nc2cc(NCC(=O)c3ccccc3)ccc21)c1ccccc1. The van der Waals surface area contributed by atoms with Crippen LogP contribution in [0.25, 0.3) is 21.7 Å². The summed E-state index contributed by atoms with van der Waals surface area (Å²) in [6.45, 7) is 11.7. The standard InChI is InChI=1S/C37H39N5O4SSi/c1-37(2,3)48(4,5)46-32(26-14-10-7-11-15-26)23-42-29-17-16-27(39-21-30(43)25-12-8-6-9-13-25)20-28(29)40-36(42)41-35(44)34-19-18-33(47-34)31-22-38-24-45-31/h6-20,22,24,32,39H,21,23H2,1-5H3,(H,40,41,44)/t32-/m0/s1. The first-order valence-electron chi connectivity index (χ1n) is 15.8. The summed E-state index contributed by atoms with van der Waals surface area (Å²) in [4.78, 5) is 36.6. The molecule has 3 aromatic carbocycles. The van der Waals surface area contributed by atoms with Crippen LogP contribution in [0.1, 0.15) is 52.5 Å². The first-order chi connectivity index (χ1) is 23.0. The zero-order valence-corrected chi connectivity index (χ0v) is 29.5. The Balaban J connectivity index is 1.34. The van der Waals surface area contributed by atoms with Crippen molar-refractivity contribution in [1.29, 1.82) is 0 Å². The molecule has 3 aromatic heterocycles. The first kappa shape index (κ1) is 33.1. The number of carbonyl (C=O) groups excluding carboxylic acids is 2.